The number of nitrogens with zero attached hydrogens (tertiary/aromatic N) is 3. The van der Waals surface area contributed by atoms with Gasteiger partial charge < -0.3 is 14.5 Å². The standard InChI is InChI=1S/C24H24N4O5/c29-21(15-28-23(31)17-9-3-2-8-16(17)22(30)25-28)27-14-20(24(32)26-12-6-1-7-13-26)33-19-11-5-4-10-18(19)27/h2-5,8-11,20H,1,6-7,12-15H2,(H,25,30). The smallest absolute Gasteiger partial charge is 0.273 e. The number of hydrogen-bond acceptors (Lipinski definition) is 5. The van der Waals surface area contributed by atoms with E-state index in [1.54, 1.807) is 53.4 Å². The summed E-state index contributed by atoms with van der Waals surface area (Å²) in [6.07, 6.45) is 2.18. The lowest BCUT2D eigenvalue weighted by atomic mass is 10.1. The van der Waals surface area contributed by atoms with Gasteiger partial charge in [0.1, 0.15) is 12.3 Å². The second-order valence-corrected chi connectivity index (χ2v) is 8.34. The SMILES string of the molecule is O=C(C1CN(C(=O)Cn2[nH]c(=O)c3ccccc3c2=O)c2ccccc2O1)N1CCCCC1. The Morgan fingerprint density at radius 1 is 0.939 bits per heavy atom. The van der Waals surface area contributed by atoms with Crippen LogP contribution in [0.3, 0.4) is 0 Å². The fraction of sp³-hybridized carbons (Fsp3) is 0.333. The fourth-order valence-electron chi connectivity index (χ4n) is 4.50. The van der Waals surface area contributed by atoms with Gasteiger partial charge in [0.25, 0.3) is 17.0 Å². The van der Waals surface area contributed by atoms with E-state index < -0.39 is 23.1 Å². The van der Waals surface area contributed by atoms with Crippen LogP contribution in [0.25, 0.3) is 10.8 Å². The van der Waals surface area contributed by atoms with E-state index >= 15 is 0 Å². The van der Waals surface area contributed by atoms with E-state index in [2.05, 4.69) is 5.10 Å². The number of hydrogen-bond donors (Lipinski definition) is 1. The van der Waals surface area contributed by atoms with Crippen molar-refractivity contribution in [1.82, 2.24) is 14.7 Å². The second-order valence-electron chi connectivity index (χ2n) is 8.34. The molecule has 1 unspecified atom stereocenters. The third-order valence-electron chi connectivity index (χ3n) is 6.20. The zero-order chi connectivity index (χ0) is 22.9. The van der Waals surface area contributed by atoms with E-state index in [0.29, 0.717) is 24.5 Å². The lowest BCUT2D eigenvalue weighted by molar-refractivity contribution is -0.139. The van der Waals surface area contributed by atoms with Crippen molar-refractivity contribution in [1.29, 1.82) is 0 Å². The van der Waals surface area contributed by atoms with Crippen LogP contribution in [-0.4, -0.2) is 52.2 Å². The molecular formula is C24H24N4O5. The molecule has 0 saturated carbocycles. The number of benzene rings is 2. The molecule has 0 radical (unpaired) electrons. The number of ether oxygens (including phenoxy) is 1. The van der Waals surface area contributed by atoms with Crippen molar-refractivity contribution < 1.29 is 14.3 Å². The average molecular weight is 448 g/mol. The van der Waals surface area contributed by atoms with Crippen molar-refractivity contribution in [2.75, 3.05) is 24.5 Å². The van der Waals surface area contributed by atoms with Gasteiger partial charge in [0, 0.05) is 13.1 Å². The molecule has 3 aromatic rings. The number of carbonyl (C=O) groups is 2. The highest BCUT2D eigenvalue weighted by molar-refractivity contribution is 5.97. The van der Waals surface area contributed by atoms with Crippen LogP contribution in [0.1, 0.15) is 19.3 Å². The van der Waals surface area contributed by atoms with E-state index in [1.807, 2.05) is 0 Å². The van der Waals surface area contributed by atoms with Crippen LogP contribution in [0, 0.1) is 0 Å². The molecule has 3 heterocycles. The number of fused-ring (bicyclic) bond motifs is 2. The summed E-state index contributed by atoms with van der Waals surface area (Å²) in [6.45, 7) is 1.04. The number of para-hydroxylation sites is 2. The van der Waals surface area contributed by atoms with Crippen molar-refractivity contribution >= 4 is 28.3 Å². The van der Waals surface area contributed by atoms with Gasteiger partial charge in [-0.15, -0.1) is 0 Å². The molecule has 2 aliphatic heterocycles. The minimum Gasteiger partial charge on any atom is -0.476 e. The topological polar surface area (TPSA) is 105 Å². The summed E-state index contributed by atoms with van der Waals surface area (Å²) in [5.41, 5.74) is -0.374. The van der Waals surface area contributed by atoms with Crippen molar-refractivity contribution in [3.05, 3.63) is 69.2 Å². The Morgan fingerprint density at radius 2 is 1.64 bits per heavy atom. The normalized spacial score (nSPS) is 18.0. The maximum absolute atomic E-state index is 13.3. The number of H-pyrrole nitrogens is 1. The molecule has 2 aromatic carbocycles. The summed E-state index contributed by atoms with van der Waals surface area (Å²) >= 11 is 0. The van der Waals surface area contributed by atoms with Crippen LogP contribution < -0.4 is 20.8 Å². The maximum atomic E-state index is 13.3. The molecule has 1 saturated heterocycles. The lowest BCUT2D eigenvalue weighted by Crippen LogP contribution is -2.53. The summed E-state index contributed by atoms with van der Waals surface area (Å²) in [4.78, 5) is 55.0. The third kappa shape index (κ3) is 3.90. The van der Waals surface area contributed by atoms with Gasteiger partial charge in [-0.05, 0) is 43.5 Å². The number of anilines is 1. The number of carbonyl (C=O) groups excluding carboxylic acids is 2. The molecule has 1 aromatic heterocycles. The number of piperidine rings is 1. The molecule has 5 rings (SSSR count). The Morgan fingerprint density at radius 3 is 2.42 bits per heavy atom. The number of nitrogens with one attached hydrogen (secondary N) is 1. The maximum Gasteiger partial charge on any atom is 0.273 e. The van der Waals surface area contributed by atoms with Crippen molar-refractivity contribution in [3.8, 4) is 5.75 Å². The first-order chi connectivity index (χ1) is 16.0. The molecule has 0 bridgehead atoms. The van der Waals surface area contributed by atoms with Crippen molar-refractivity contribution in [2.24, 2.45) is 0 Å². The predicted molar refractivity (Wildman–Crippen MR) is 122 cm³/mol. The minimum absolute atomic E-state index is 0.0394. The monoisotopic (exact) mass is 448 g/mol. The summed E-state index contributed by atoms with van der Waals surface area (Å²) in [7, 11) is 0. The molecule has 0 spiro atoms. The molecular weight excluding hydrogens is 424 g/mol. The van der Waals surface area contributed by atoms with Gasteiger partial charge in [-0.1, -0.05) is 24.3 Å². The van der Waals surface area contributed by atoms with Crippen LogP contribution in [0.5, 0.6) is 5.75 Å². The molecule has 9 nitrogen and oxygen atoms in total. The quantitative estimate of drug-likeness (QED) is 0.654. The van der Waals surface area contributed by atoms with Gasteiger partial charge >= 0.3 is 0 Å². The lowest BCUT2D eigenvalue weighted by Gasteiger charge is -2.37. The van der Waals surface area contributed by atoms with E-state index in [1.165, 1.54) is 4.90 Å². The van der Waals surface area contributed by atoms with Gasteiger partial charge in [-0.2, -0.15) is 0 Å². The van der Waals surface area contributed by atoms with Gasteiger partial charge in [-0.25, -0.2) is 4.68 Å². The Bertz CT molecular complexity index is 1340. The van der Waals surface area contributed by atoms with Crippen LogP contribution in [0.2, 0.25) is 0 Å². The molecule has 9 heteroatoms. The Balaban J connectivity index is 1.45. The second kappa shape index (κ2) is 8.57. The fourth-order valence-corrected chi connectivity index (χ4v) is 4.50. The zero-order valence-electron chi connectivity index (χ0n) is 18.0. The zero-order valence-corrected chi connectivity index (χ0v) is 18.0. The third-order valence-corrected chi connectivity index (χ3v) is 6.20. The molecule has 2 aliphatic rings. The molecule has 1 fully saturated rings. The number of likely N-dealkylation sites (tertiary alicyclic amines) is 1. The number of aromatic amines is 1. The summed E-state index contributed by atoms with van der Waals surface area (Å²) < 4.78 is 6.99. The van der Waals surface area contributed by atoms with Gasteiger partial charge in [0.15, 0.2) is 6.10 Å². The van der Waals surface area contributed by atoms with E-state index in [-0.39, 0.29) is 29.8 Å². The largest absolute Gasteiger partial charge is 0.476 e. The average Bonchev–Trinajstić information content (AvgIpc) is 2.86. The van der Waals surface area contributed by atoms with E-state index in [0.717, 1.165) is 23.9 Å². The number of rotatable bonds is 3. The summed E-state index contributed by atoms with van der Waals surface area (Å²) in [5.74, 6) is -0.125. The van der Waals surface area contributed by atoms with Crippen LogP contribution in [0.4, 0.5) is 5.69 Å². The molecule has 0 aliphatic carbocycles. The predicted octanol–water partition coefficient (Wildman–Crippen LogP) is 1.50. The molecule has 170 valence electrons. The Labute approximate surface area is 189 Å². The molecule has 2 amide bonds. The van der Waals surface area contributed by atoms with Gasteiger partial charge in [0.2, 0.25) is 5.91 Å². The van der Waals surface area contributed by atoms with E-state index in [4.69, 9.17) is 4.74 Å². The van der Waals surface area contributed by atoms with Gasteiger partial charge in [-0.3, -0.25) is 24.3 Å². The first-order valence-electron chi connectivity index (χ1n) is 11.1. The van der Waals surface area contributed by atoms with Gasteiger partial charge in [0.05, 0.1) is 23.0 Å². The highest BCUT2D eigenvalue weighted by atomic mass is 16.5. The van der Waals surface area contributed by atoms with E-state index in [9.17, 15) is 19.2 Å². The van der Waals surface area contributed by atoms with Crippen LogP contribution in [-0.2, 0) is 16.1 Å². The highest BCUT2D eigenvalue weighted by Gasteiger charge is 2.36. The molecule has 1 atom stereocenters. The molecule has 1 N–H and O–H groups in total. The minimum atomic E-state index is -0.825. The number of aromatic nitrogens is 2. The van der Waals surface area contributed by atoms with Crippen molar-refractivity contribution in [2.45, 2.75) is 31.9 Å². The van der Waals surface area contributed by atoms with Crippen LogP contribution in [0.15, 0.2) is 58.1 Å². The Kier molecular flexibility index (Phi) is 5.45. The summed E-state index contributed by atoms with van der Waals surface area (Å²) in [6, 6.07) is 13.5. The molecule has 33 heavy (non-hydrogen) atoms. The number of amides is 2. The Hall–Kier alpha value is -3.88. The first kappa shape index (κ1) is 21.0. The van der Waals surface area contributed by atoms with Crippen LogP contribution >= 0.6 is 0 Å². The highest BCUT2D eigenvalue weighted by Crippen LogP contribution is 2.34. The summed E-state index contributed by atoms with van der Waals surface area (Å²) in [5, 5.41) is 3.01. The van der Waals surface area contributed by atoms with Crippen molar-refractivity contribution in [3.63, 3.8) is 0 Å². The first-order valence-corrected chi connectivity index (χ1v) is 11.1.